The molecule has 1 heterocycles. The Morgan fingerprint density at radius 2 is 0.863 bits per heavy atom. The van der Waals surface area contributed by atoms with Crippen LogP contribution in [0.4, 0.5) is 0 Å². The number of aliphatic hydroxyl groups is 2. The third kappa shape index (κ3) is 39.3. The Morgan fingerprint density at radius 1 is 0.466 bits per heavy atom. The highest BCUT2D eigenvalue weighted by Gasteiger charge is 2.50. The maximum Gasteiger partial charge on any atom is 0.335 e. The molecule has 0 aromatic heterocycles. The molecule has 6 unspecified atom stereocenters. The van der Waals surface area contributed by atoms with E-state index in [0.717, 1.165) is 116 Å². The van der Waals surface area contributed by atoms with Crippen LogP contribution in [0.15, 0.2) is 72.9 Å². The van der Waals surface area contributed by atoms with Gasteiger partial charge in [-0.2, -0.15) is 0 Å². The van der Waals surface area contributed by atoms with Gasteiger partial charge in [0.15, 0.2) is 24.6 Å². The molecule has 0 amide bonds. The van der Waals surface area contributed by atoms with E-state index in [2.05, 4.69) is 93.7 Å². The van der Waals surface area contributed by atoms with Gasteiger partial charge in [0, 0.05) is 19.3 Å². The second-order valence-corrected chi connectivity index (χ2v) is 19.5. The van der Waals surface area contributed by atoms with Crippen molar-refractivity contribution < 1.29 is 58.2 Å². The van der Waals surface area contributed by atoms with Gasteiger partial charge < -0.3 is 39.0 Å². The number of carbonyl (C=O) groups excluding carboxylic acids is 3. The molecule has 3 N–H and O–H groups in total. The lowest BCUT2D eigenvalue weighted by atomic mass is 9.98. The van der Waals surface area contributed by atoms with Crippen molar-refractivity contribution in [3.8, 4) is 0 Å². The van der Waals surface area contributed by atoms with Gasteiger partial charge in [-0.05, 0) is 89.9 Å². The van der Waals surface area contributed by atoms with E-state index in [1.165, 1.54) is 64.2 Å². The average molecular weight is 1030 g/mol. The molecule has 6 atom stereocenters. The molecule has 0 aliphatic carbocycles. The summed E-state index contributed by atoms with van der Waals surface area (Å²) in [5, 5.41) is 31.4. The second-order valence-electron chi connectivity index (χ2n) is 19.5. The zero-order valence-corrected chi connectivity index (χ0v) is 45.9. The van der Waals surface area contributed by atoms with Gasteiger partial charge >= 0.3 is 23.9 Å². The molecule has 0 spiro atoms. The fraction of sp³-hybridized carbons (Fsp3) is 0.738. The summed E-state index contributed by atoms with van der Waals surface area (Å²) < 4.78 is 28.3. The fourth-order valence-corrected chi connectivity index (χ4v) is 8.33. The summed E-state index contributed by atoms with van der Waals surface area (Å²) in [7, 11) is 0. The van der Waals surface area contributed by atoms with Gasteiger partial charge in [0.2, 0.25) is 0 Å². The molecule has 0 radical (unpaired) electrons. The summed E-state index contributed by atoms with van der Waals surface area (Å²) in [6, 6.07) is 0. The first-order valence-electron chi connectivity index (χ1n) is 28.9. The van der Waals surface area contributed by atoms with Gasteiger partial charge in [-0.15, -0.1) is 0 Å². The van der Waals surface area contributed by atoms with E-state index in [0.29, 0.717) is 19.3 Å². The number of rotatable bonds is 48. The number of hydrogen-bond acceptors (Lipinski definition) is 11. The standard InChI is InChI=1S/C61H102O12/c1-4-7-10-13-16-19-22-24-26-27-29-31-34-37-40-43-46-49-55(64)72-59-57(66)56(65)58(60(67)68)73-61(59)70-51-52(71-54(63)48-45-42-39-36-32-21-18-15-12-9-6-3)50-69-53(62)47-44-41-38-35-33-30-28-25-23-20-17-14-11-8-5-2/h8,11,16-17,19-20,24-26,28,33,35,52,56-59,61,65-66H,4-7,9-10,12-15,18,21-23,27,29-32,34,36-51H2,1-3H3,(H,67,68)/b11-8-,19-16-,20-17-,26-24-,28-25-,35-33-. The molecule has 73 heavy (non-hydrogen) atoms. The quantitative estimate of drug-likeness (QED) is 0.0228. The van der Waals surface area contributed by atoms with Gasteiger partial charge in [0.25, 0.3) is 0 Å². The number of carboxylic acid groups (broad SMARTS) is 1. The van der Waals surface area contributed by atoms with Gasteiger partial charge in [-0.1, -0.05) is 203 Å². The molecule has 0 aromatic rings. The van der Waals surface area contributed by atoms with Crippen LogP contribution in [0.1, 0.15) is 239 Å². The molecule has 0 aromatic carbocycles. The minimum atomic E-state index is -1.91. The first-order valence-corrected chi connectivity index (χ1v) is 28.9. The van der Waals surface area contributed by atoms with Crippen molar-refractivity contribution in [1.82, 2.24) is 0 Å². The van der Waals surface area contributed by atoms with Crippen LogP contribution >= 0.6 is 0 Å². The molecule has 1 aliphatic rings. The third-order valence-electron chi connectivity index (χ3n) is 12.8. The first-order chi connectivity index (χ1) is 35.6. The number of unbranched alkanes of at least 4 members (excludes halogenated alkanes) is 22. The fourth-order valence-electron chi connectivity index (χ4n) is 8.33. The Bertz CT molecular complexity index is 1550. The highest BCUT2D eigenvalue weighted by Crippen LogP contribution is 2.26. The molecule has 0 bridgehead atoms. The summed E-state index contributed by atoms with van der Waals surface area (Å²) in [6.07, 6.45) is 48.8. The smallest absolute Gasteiger partial charge is 0.335 e. The highest BCUT2D eigenvalue weighted by molar-refractivity contribution is 5.74. The van der Waals surface area contributed by atoms with E-state index >= 15 is 0 Å². The summed E-state index contributed by atoms with van der Waals surface area (Å²) in [5.41, 5.74) is 0. The first kappa shape index (κ1) is 67.2. The lowest BCUT2D eigenvalue weighted by Gasteiger charge is -2.40. The number of aliphatic hydroxyl groups excluding tert-OH is 2. The van der Waals surface area contributed by atoms with E-state index in [1.54, 1.807) is 0 Å². The van der Waals surface area contributed by atoms with E-state index < -0.39 is 67.3 Å². The van der Waals surface area contributed by atoms with Crippen LogP contribution in [0.25, 0.3) is 0 Å². The normalized spacial score (nSPS) is 18.8. The van der Waals surface area contributed by atoms with Gasteiger partial charge in [0.05, 0.1) is 6.61 Å². The van der Waals surface area contributed by atoms with Crippen molar-refractivity contribution in [1.29, 1.82) is 0 Å². The van der Waals surface area contributed by atoms with Crippen LogP contribution in [0.5, 0.6) is 0 Å². The molecule has 12 nitrogen and oxygen atoms in total. The van der Waals surface area contributed by atoms with Crippen LogP contribution in [0.3, 0.4) is 0 Å². The summed E-state index contributed by atoms with van der Waals surface area (Å²) in [6.45, 7) is 5.80. The Hall–Kier alpha value is -3.84. The van der Waals surface area contributed by atoms with Crippen molar-refractivity contribution >= 4 is 23.9 Å². The third-order valence-corrected chi connectivity index (χ3v) is 12.8. The zero-order chi connectivity index (χ0) is 53.3. The topological polar surface area (TPSA) is 175 Å². The second kappa shape index (κ2) is 49.1. The maximum absolute atomic E-state index is 13.1. The highest BCUT2D eigenvalue weighted by atomic mass is 16.7. The van der Waals surface area contributed by atoms with Crippen LogP contribution in [0.2, 0.25) is 0 Å². The van der Waals surface area contributed by atoms with E-state index in [-0.39, 0.29) is 25.9 Å². The molecular formula is C61H102O12. The Balaban J connectivity index is 2.71. The van der Waals surface area contributed by atoms with Crippen LogP contribution in [0, 0.1) is 0 Å². The molecular weight excluding hydrogens is 925 g/mol. The number of ether oxygens (including phenoxy) is 5. The largest absolute Gasteiger partial charge is 0.479 e. The molecule has 1 aliphatic heterocycles. The molecule has 418 valence electrons. The summed E-state index contributed by atoms with van der Waals surface area (Å²) in [4.78, 5) is 51.0. The predicted molar refractivity (Wildman–Crippen MR) is 294 cm³/mol. The van der Waals surface area contributed by atoms with E-state index in [4.69, 9.17) is 23.7 Å². The van der Waals surface area contributed by atoms with Crippen molar-refractivity contribution in [2.45, 2.75) is 276 Å². The minimum absolute atomic E-state index is 0.0465. The van der Waals surface area contributed by atoms with Crippen molar-refractivity contribution in [3.05, 3.63) is 72.9 Å². The van der Waals surface area contributed by atoms with Crippen molar-refractivity contribution in [2.24, 2.45) is 0 Å². The van der Waals surface area contributed by atoms with Gasteiger partial charge in [0.1, 0.15) is 18.8 Å². The van der Waals surface area contributed by atoms with Crippen LogP contribution in [-0.4, -0.2) is 89.2 Å². The molecule has 1 saturated heterocycles. The predicted octanol–water partition coefficient (Wildman–Crippen LogP) is 14.6. The van der Waals surface area contributed by atoms with Crippen molar-refractivity contribution in [2.75, 3.05) is 13.2 Å². The number of carboxylic acids is 1. The Labute approximate surface area is 442 Å². The number of carbonyl (C=O) groups is 4. The molecule has 0 saturated carbocycles. The van der Waals surface area contributed by atoms with Gasteiger partial charge in [-0.3, -0.25) is 14.4 Å². The zero-order valence-electron chi connectivity index (χ0n) is 45.9. The maximum atomic E-state index is 13.1. The van der Waals surface area contributed by atoms with E-state index in [1.807, 2.05) is 0 Å². The minimum Gasteiger partial charge on any atom is -0.479 e. The lowest BCUT2D eigenvalue weighted by molar-refractivity contribution is -0.301. The number of aliphatic carboxylic acids is 1. The monoisotopic (exact) mass is 1030 g/mol. The number of esters is 3. The van der Waals surface area contributed by atoms with Gasteiger partial charge in [-0.25, -0.2) is 4.79 Å². The summed E-state index contributed by atoms with van der Waals surface area (Å²) in [5.74, 6) is -3.18. The number of hydrogen-bond donors (Lipinski definition) is 3. The van der Waals surface area contributed by atoms with Crippen LogP contribution < -0.4 is 0 Å². The van der Waals surface area contributed by atoms with Crippen LogP contribution in [-0.2, 0) is 42.9 Å². The molecule has 1 rings (SSSR count). The lowest BCUT2D eigenvalue weighted by Crippen LogP contribution is -2.61. The molecule has 12 heteroatoms. The van der Waals surface area contributed by atoms with E-state index in [9.17, 15) is 34.5 Å². The Kier molecular flexibility index (Phi) is 45.1. The Morgan fingerprint density at radius 3 is 1.37 bits per heavy atom. The molecule has 1 fully saturated rings. The average Bonchev–Trinajstić information content (AvgIpc) is 3.37. The SMILES string of the molecule is CC/C=C\C/C=C\C/C=C\C/C=C\CCCCC(=O)OCC(COC1OC(C(=O)O)C(O)C(O)C1OC(=O)CCCCCCCCC/C=C\C/C=C\CCCCC)OC(=O)CCCCCCCCCCCCC. The summed E-state index contributed by atoms with van der Waals surface area (Å²) >= 11 is 0. The number of allylic oxidation sites excluding steroid dienone is 12. The van der Waals surface area contributed by atoms with Crippen molar-refractivity contribution in [3.63, 3.8) is 0 Å².